The predicted molar refractivity (Wildman–Crippen MR) is 119 cm³/mol. The summed E-state index contributed by atoms with van der Waals surface area (Å²) in [6.07, 6.45) is 8.75. The van der Waals surface area contributed by atoms with E-state index in [1.54, 1.807) is 12.3 Å². The third kappa shape index (κ3) is 5.43. The van der Waals surface area contributed by atoms with Crippen molar-refractivity contribution in [3.63, 3.8) is 0 Å². The summed E-state index contributed by atoms with van der Waals surface area (Å²) < 4.78 is 0. The van der Waals surface area contributed by atoms with Gasteiger partial charge < -0.3 is 10.2 Å². The first-order chi connectivity index (χ1) is 13.7. The smallest absolute Gasteiger partial charge is 0.248 e. The Hall–Kier alpha value is -3.14. The number of aromatic nitrogens is 1. The lowest BCUT2D eigenvalue weighted by Gasteiger charge is -2.19. The summed E-state index contributed by atoms with van der Waals surface area (Å²) in [7, 11) is 2.12. The molecule has 0 radical (unpaired) electrons. The van der Waals surface area contributed by atoms with Gasteiger partial charge >= 0.3 is 0 Å². The first kappa shape index (κ1) is 19.6. The Labute approximate surface area is 166 Å². The summed E-state index contributed by atoms with van der Waals surface area (Å²) in [5.41, 5.74) is 3.80. The fraction of sp³-hybridized carbons (Fsp3) is 0.250. The predicted octanol–water partition coefficient (Wildman–Crippen LogP) is 5.51. The van der Waals surface area contributed by atoms with Crippen molar-refractivity contribution in [3.8, 4) is 0 Å². The second kappa shape index (κ2) is 9.70. The normalized spacial score (nSPS) is 11.1. The molecule has 1 heterocycles. The SMILES string of the molecule is CCCCCN(C)c1ccc(/C=C/C(=O)Nc2cnc3ccccc3c2)cc1. The fourth-order valence-corrected chi connectivity index (χ4v) is 3.06. The molecule has 0 aliphatic heterocycles. The minimum atomic E-state index is -0.169. The number of nitrogens with zero attached hydrogens (tertiary/aromatic N) is 2. The number of benzene rings is 2. The number of pyridine rings is 1. The molecule has 144 valence electrons. The van der Waals surface area contributed by atoms with Crippen molar-refractivity contribution in [1.29, 1.82) is 0 Å². The molecule has 1 aromatic heterocycles. The molecule has 0 unspecified atom stereocenters. The second-order valence-corrected chi connectivity index (χ2v) is 6.96. The molecule has 0 saturated carbocycles. The Morgan fingerprint density at radius 3 is 2.68 bits per heavy atom. The van der Waals surface area contributed by atoms with Crippen LogP contribution in [0.1, 0.15) is 31.7 Å². The topological polar surface area (TPSA) is 45.2 Å². The van der Waals surface area contributed by atoms with Gasteiger partial charge in [-0.25, -0.2) is 0 Å². The van der Waals surface area contributed by atoms with E-state index in [-0.39, 0.29) is 5.91 Å². The number of para-hydroxylation sites is 1. The number of unbranched alkanes of at least 4 members (excludes halogenated alkanes) is 2. The average Bonchev–Trinajstić information content (AvgIpc) is 2.72. The Morgan fingerprint density at radius 1 is 1.11 bits per heavy atom. The van der Waals surface area contributed by atoms with E-state index in [1.165, 1.54) is 24.9 Å². The van der Waals surface area contributed by atoms with Crippen LogP contribution in [0.5, 0.6) is 0 Å². The van der Waals surface area contributed by atoms with E-state index < -0.39 is 0 Å². The molecule has 1 N–H and O–H groups in total. The van der Waals surface area contributed by atoms with Gasteiger partial charge in [0.15, 0.2) is 0 Å². The van der Waals surface area contributed by atoms with Crippen LogP contribution in [0.4, 0.5) is 11.4 Å². The first-order valence-electron chi connectivity index (χ1n) is 9.81. The number of rotatable bonds is 8. The lowest BCUT2D eigenvalue weighted by molar-refractivity contribution is -0.111. The van der Waals surface area contributed by atoms with E-state index in [9.17, 15) is 4.79 Å². The van der Waals surface area contributed by atoms with E-state index >= 15 is 0 Å². The van der Waals surface area contributed by atoms with Gasteiger partial charge in [0, 0.05) is 30.7 Å². The summed E-state index contributed by atoms with van der Waals surface area (Å²) in [5, 5.41) is 3.87. The molecule has 0 aliphatic rings. The third-order valence-corrected chi connectivity index (χ3v) is 4.72. The monoisotopic (exact) mass is 373 g/mol. The molecule has 0 atom stereocenters. The first-order valence-corrected chi connectivity index (χ1v) is 9.81. The van der Waals surface area contributed by atoms with E-state index in [4.69, 9.17) is 0 Å². The molecule has 0 fully saturated rings. The molecule has 0 saturated heterocycles. The quantitative estimate of drug-likeness (QED) is 0.418. The Kier molecular flexibility index (Phi) is 6.79. The summed E-state index contributed by atoms with van der Waals surface area (Å²) in [4.78, 5) is 18.8. The van der Waals surface area contributed by atoms with Crippen molar-refractivity contribution in [2.75, 3.05) is 23.8 Å². The van der Waals surface area contributed by atoms with Crippen LogP contribution in [0.2, 0.25) is 0 Å². The number of hydrogen-bond acceptors (Lipinski definition) is 3. The van der Waals surface area contributed by atoms with Gasteiger partial charge in [-0.3, -0.25) is 9.78 Å². The highest BCUT2D eigenvalue weighted by atomic mass is 16.1. The van der Waals surface area contributed by atoms with Gasteiger partial charge in [0.25, 0.3) is 0 Å². The van der Waals surface area contributed by atoms with E-state index in [0.29, 0.717) is 5.69 Å². The van der Waals surface area contributed by atoms with Crippen LogP contribution < -0.4 is 10.2 Å². The molecule has 0 bridgehead atoms. The number of fused-ring (bicyclic) bond motifs is 1. The maximum Gasteiger partial charge on any atom is 0.248 e. The number of carbonyl (C=O) groups excluding carboxylic acids is 1. The number of hydrogen-bond donors (Lipinski definition) is 1. The molecule has 4 nitrogen and oxygen atoms in total. The van der Waals surface area contributed by atoms with Crippen molar-refractivity contribution in [2.24, 2.45) is 0 Å². The van der Waals surface area contributed by atoms with Crippen LogP contribution >= 0.6 is 0 Å². The highest BCUT2D eigenvalue weighted by molar-refractivity contribution is 6.02. The summed E-state index contributed by atoms with van der Waals surface area (Å²) in [5.74, 6) is -0.169. The Balaban J connectivity index is 1.57. The van der Waals surface area contributed by atoms with E-state index in [0.717, 1.165) is 23.0 Å². The average molecular weight is 374 g/mol. The zero-order chi connectivity index (χ0) is 19.8. The van der Waals surface area contributed by atoms with Gasteiger partial charge in [-0.15, -0.1) is 0 Å². The molecule has 3 aromatic rings. The van der Waals surface area contributed by atoms with Gasteiger partial charge in [-0.1, -0.05) is 50.1 Å². The lowest BCUT2D eigenvalue weighted by Crippen LogP contribution is -2.18. The van der Waals surface area contributed by atoms with Crippen molar-refractivity contribution < 1.29 is 4.79 Å². The largest absolute Gasteiger partial charge is 0.375 e. The Bertz CT molecular complexity index is 947. The molecule has 0 aliphatic carbocycles. The fourth-order valence-electron chi connectivity index (χ4n) is 3.06. The molecule has 0 spiro atoms. The summed E-state index contributed by atoms with van der Waals surface area (Å²) in [6, 6.07) is 18.0. The second-order valence-electron chi connectivity index (χ2n) is 6.96. The third-order valence-electron chi connectivity index (χ3n) is 4.72. The van der Waals surface area contributed by atoms with E-state index in [1.807, 2.05) is 48.5 Å². The van der Waals surface area contributed by atoms with Crippen LogP contribution in [0.3, 0.4) is 0 Å². The van der Waals surface area contributed by atoms with Gasteiger partial charge in [0.2, 0.25) is 5.91 Å². The van der Waals surface area contributed by atoms with Gasteiger partial charge in [0.05, 0.1) is 17.4 Å². The number of anilines is 2. The molecular formula is C24H27N3O. The lowest BCUT2D eigenvalue weighted by atomic mass is 10.1. The molecule has 28 heavy (non-hydrogen) atoms. The van der Waals surface area contributed by atoms with Crippen LogP contribution in [0, 0.1) is 0 Å². The standard InChI is InChI=1S/C24H27N3O/c1-3-4-7-16-27(2)22-13-10-19(11-14-22)12-15-24(28)26-21-17-20-8-5-6-9-23(20)25-18-21/h5-6,8-15,17-18H,3-4,7,16H2,1-2H3,(H,26,28)/b15-12+. The van der Waals surface area contributed by atoms with Crippen LogP contribution in [0.25, 0.3) is 17.0 Å². The Morgan fingerprint density at radius 2 is 1.89 bits per heavy atom. The molecular weight excluding hydrogens is 346 g/mol. The summed E-state index contributed by atoms with van der Waals surface area (Å²) >= 11 is 0. The molecule has 4 heteroatoms. The minimum absolute atomic E-state index is 0.169. The van der Waals surface area contributed by atoms with Gasteiger partial charge in [-0.05, 0) is 42.3 Å². The zero-order valence-electron chi connectivity index (χ0n) is 16.6. The highest BCUT2D eigenvalue weighted by Gasteiger charge is 2.02. The number of carbonyl (C=O) groups is 1. The minimum Gasteiger partial charge on any atom is -0.375 e. The molecule has 1 amide bonds. The van der Waals surface area contributed by atoms with Crippen molar-refractivity contribution in [1.82, 2.24) is 4.98 Å². The van der Waals surface area contributed by atoms with Crippen LogP contribution in [-0.2, 0) is 4.79 Å². The highest BCUT2D eigenvalue weighted by Crippen LogP contribution is 2.17. The van der Waals surface area contributed by atoms with Crippen LogP contribution in [0.15, 0.2) is 66.9 Å². The molecule has 3 rings (SSSR count). The number of nitrogens with one attached hydrogen (secondary N) is 1. The zero-order valence-corrected chi connectivity index (χ0v) is 16.6. The van der Waals surface area contributed by atoms with E-state index in [2.05, 4.69) is 41.3 Å². The molecule has 2 aromatic carbocycles. The maximum absolute atomic E-state index is 12.2. The van der Waals surface area contributed by atoms with Crippen molar-refractivity contribution in [2.45, 2.75) is 26.2 Å². The van der Waals surface area contributed by atoms with Gasteiger partial charge in [0.1, 0.15) is 0 Å². The van der Waals surface area contributed by atoms with Gasteiger partial charge in [-0.2, -0.15) is 0 Å². The maximum atomic E-state index is 12.2. The van der Waals surface area contributed by atoms with Crippen molar-refractivity contribution in [3.05, 3.63) is 72.4 Å². The van der Waals surface area contributed by atoms with Crippen molar-refractivity contribution >= 4 is 34.3 Å². The number of amides is 1. The summed E-state index contributed by atoms with van der Waals surface area (Å²) in [6.45, 7) is 3.28. The van der Waals surface area contributed by atoms with Crippen LogP contribution in [-0.4, -0.2) is 24.5 Å².